The Morgan fingerprint density at radius 1 is 0.902 bits per heavy atom. The first-order valence-corrected chi connectivity index (χ1v) is 17.7. The molecular formula is C39H49N3O9. The maximum absolute atomic E-state index is 13.0. The van der Waals surface area contributed by atoms with E-state index in [1.807, 2.05) is 0 Å². The van der Waals surface area contributed by atoms with E-state index in [9.17, 15) is 29.1 Å². The number of unbranched alkanes of at least 4 members (excludes halogenated alkanes) is 4. The van der Waals surface area contributed by atoms with E-state index in [1.165, 1.54) is 45.4 Å². The predicted octanol–water partition coefficient (Wildman–Crippen LogP) is 6.10. The van der Waals surface area contributed by atoms with Gasteiger partial charge in [-0.15, -0.1) is 0 Å². The quantitative estimate of drug-likeness (QED) is 0.131. The lowest BCUT2D eigenvalue weighted by molar-refractivity contribution is -0.139. The number of rotatable bonds is 17. The predicted molar refractivity (Wildman–Crippen MR) is 191 cm³/mol. The van der Waals surface area contributed by atoms with Crippen molar-refractivity contribution in [2.75, 3.05) is 32.1 Å². The maximum Gasteiger partial charge on any atom is 0.343 e. The van der Waals surface area contributed by atoms with E-state index in [0.717, 1.165) is 12.8 Å². The summed E-state index contributed by atoms with van der Waals surface area (Å²) < 4.78 is 16.9. The number of methoxy groups -OCH3 is 1. The van der Waals surface area contributed by atoms with Crippen LogP contribution in [0.4, 0.5) is 5.69 Å². The lowest BCUT2D eigenvalue weighted by Gasteiger charge is -2.30. The number of piperidine rings is 1. The second kappa shape index (κ2) is 19.3. The van der Waals surface area contributed by atoms with E-state index in [-0.39, 0.29) is 41.4 Å². The van der Waals surface area contributed by atoms with Crippen molar-refractivity contribution in [2.24, 2.45) is 11.8 Å². The summed E-state index contributed by atoms with van der Waals surface area (Å²) in [5, 5.41) is 15.4. The Balaban J connectivity index is 1.26. The number of aliphatic carboxylic acids is 1. The van der Waals surface area contributed by atoms with Gasteiger partial charge in [0, 0.05) is 37.2 Å². The van der Waals surface area contributed by atoms with Gasteiger partial charge < -0.3 is 34.9 Å². The van der Waals surface area contributed by atoms with Crippen LogP contribution in [0.25, 0.3) is 0 Å². The highest BCUT2D eigenvalue weighted by Crippen LogP contribution is 2.29. The number of carboxylic acids is 1. The first-order chi connectivity index (χ1) is 24.6. The minimum Gasteiger partial charge on any atom is -0.494 e. The molecule has 1 saturated heterocycles. The van der Waals surface area contributed by atoms with Crippen LogP contribution in [-0.2, 0) is 23.9 Å². The SMILES string of the molecule is CCCCCCCOc1ccc(C(=O)OC2=CCC(CC(NC(=O)c3ccc(NC(=O)C4CCN(C(C)=O)CC4)cc3)C(=O)O)C=C2OC)cc1. The summed E-state index contributed by atoms with van der Waals surface area (Å²) in [5.74, 6) is -1.80. The van der Waals surface area contributed by atoms with E-state index in [2.05, 4.69) is 17.6 Å². The van der Waals surface area contributed by atoms with Crippen LogP contribution in [0.3, 0.4) is 0 Å². The van der Waals surface area contributed by atoms with Gasteiger partial charge >= 0.3 is 11.9 Å². The van der Waals surface area contributed by atoms with Gasteiger partial charge in [-0.2, -0.15) is 0 Å². The Labute approximate surface area is 299 Å². The van der Waals surface area contributed by atoms with Gasteiger partial charge in [0.05, 0.1) is 19.3 Å². The maximum atomic E-state index is 13.0. The molecule has 4 rings (SSSR count). The number of ether oxygens (including phenoxy) is 3. The number of nitrogens with zero attached hydrogens (tertiary/aromatic N) is 1. The van der Waals surface area contributed by atoms with Crippen LogP contribution in [0.5, 0.6) is 5.75 Å². The molecule has 3 amide bonds. The van der Waals surface area contributed by atoms with Crippen molar-refractivity contribution in [3.05, 3.63) is 83.3 Å². The zero-order valence-corrected chi connectivity index (χ0v) is 29.7. The highest BCUT2D eigenvalue weighted by atomic mass is 16.6. The number of carboxylic acid groups (broad SMARTS) is 1. The molecule has 12 heteroatoms. The normalized spacial score (nSPS) is 16.6. The summed E-state index contributed by atoms with van der Waals surface area (Å²) >= 11 is 0. The number of carbonyl (C=O) groups is 5. The number of hydrogen-bond acceptors (Lipinski definition) is 8. The van der Waals surface area contributed by atoms with Crippen molar-refractivity contribution in [1.82, 2.24) is 10.2 Å². The van der Waals surface area contributed by atoms with Crippen LogP contribution in [0.2, 0.25) is 0 Å². The van der Waals surface area contributed by atoms with Crippen molar-refractivity contribution < 1.29 is 43.3 Å². The number of nitrogens with one attached hydrogen (secondary N) is 2. The molecule has 0 aromatic heterocycles. The Bertz CT molecular complexity index is 1580. The van der Waals surface area contributed by atoms with Crippen LogP contribution >= 0.6 is 0 Å². The first-order valence-electron chi connectivity index (χ1n) is 17.7. The number of hydrogen-bond donors (Lipinski definition) is 3. The Morgan fingerprint density at radius 3 is 2.20 bits per heavy atom. The lowest BCUT2D eigenvalue weighted by atomic mass is 9.91. The fraction of sp³-hybridized carbons (Fsp3) is 0.462. The molecule has 2 atom stereocenters. The van der Waals surface area contributed by atoms with E-state index >= 15 is 0 Å². The molecule has 2 aromatic rings. The number of carbonyl (C=O) groups excluding carboxylic acids is 4. The second-order valence-electron chi connectivity index (χ2n) is 12.9. The number of amides is 3. The average molecular weight is 704 g/mol. The van der Waals surface area contributed by atoms with Crippen LogP contribution in [0.1, 0.15) is 92.4 Å². The summed E-state index contributed by atoms with van der Waals surface area (Å²) in [6.45, 7) is 5.39. The summed E-state index contributed by atoms with van der Waals surface area (Å²) in [7, 11) is 1.43. The largest absolute Gasteiger partial charge is 0.494 e. The van der Waals surface area contributed by atoms with Crippen LogP contribution < -0.4 is 15.4 Å². The molecule has 0 saturated carbocycles. The third kappa shape index (κ3) is 11.7. The van der Waals surface area contributed by atoms with Crippen LogP contribution in [0, 0.1) is 11.8 Å². The van der Waals surface area contributed by atoms with E-state index in [4.69, 9.17) is 14.2 Å². The molecule has 0 radical (unpaired) electrons. The molecule has 274 valence electrons. The summed E-state index contributed by atoms with van der Waals surface area (Å²) in [5.41, 5.74) is 1.10. The number of esters is 1. The zero-order chi connectivity index (χ0) is 36.8. The van der Waals surface area contributed by atoms with Gasteiger partial charge in [-0.1, -0.05) is 32.6 Å². The molecule has 3 N–H and O–H groups in total. The number of anilines is 1. The van der Waals surface area contributed by atoms with Gasteiger partial charge in [-0.25, -0.2) is 9.59 Å². The molecular weight excluding hydrogens is 654 g/mol. The van der Waals surface area contributed by atoms with Crippen LogP contribution in [0.15, 0.2) is 72.2 Å². The fourth-order valence-electron chi connectivity index (χ4n) is 6.06. The molecule has 1 aliphatic heterocycles. The van der Waals surface area contributed by atoms with Crippen LogP contribution in [-0.4, -0.2) is 72.5 Å². The molecule has 1 aliphatic carbocycles. The van der Waals surface area contributed by atoms with Gasteiger partial charge in [0.2, 0.25) is 11.8 Å². The third-order valence-corrected chi connectivity index (χ3v) is 9.13. The van der Waals surface area contributed by atoms with Gasteiger partial charge in [-0.05, 0) is 98.7 Å². The molecule has 1 fully saturated rings. The van der Waals surface area contributed by atoms with Crippen molar-refractivity contribution in [2.45, 2.75) is 77.7 Å². The summed E-state index contributed by atoms with van der Waals surface area (Å²) in [4.78, 5) is 64.0. The highest BCUT2D eigenvalue weighted by molar-refractivity contribution is 5.98. The van der Waals surface area contributed by atoms with Crippen molar-refractivity contribution >= 4 is 35.3 Å². The van der Waals surface area contributed by atoms with Crippen molar-refractivity contribution in [1.29, 1.82) is 0 Å². The Hall–Kier alpha value is -5.13. The van der Waals surface area contributed by atoms with Gasteiger partial charge in [0.25, 0.3) is 5.91 Å². The van der Waals surface area contributed by atoms with Crippen molar-refractivity contribution in [3.8, 4) is 5.75 Å². The number of likely N-dealkylation sites (tertiary alicyclic amines) is 1. The Morgan fingerprint density at radius 2 is 1.57 bits per heavy atom. The summed E-state index contributed by atoms with van der Waals surface area (Å²) in [6, 6.07) is 11.8. The highest BCUT2D eigenvalue weighted by Gasteiger charge is 2.29. The van der Waals surface area contributed by atoms with Gasteiger partial charge in [0.15, 0.2) is 11.5 Å². The number of benzene rings is 2. The minimum atomic E-state index is -1.20. The topological polar surface area (TPSA) is 161 Å². The standard InChI is InChI=1S/C39H49N3O9/c1-4-5-6-7-8-23-50-32-16-12-30(13-17-32)39(48)51-34-18-9-27(25-35(34)49-3)24-33(38(46)47)41-37(45)28-10-14-31(15-11-28)40-36(44)29-19-21-42(22-20-29)26(2)43/h10-18,25,27,29,33H,4-9,19-24H2,1-3H3,(H,40,44)(H,41,45)(H,46,47). The van der Waals surface area contributed by atoms with E-state index in [0.29, 0.717) is 61.7 Å². The smallest absolute Gasteiger partial charge is 0.343 e. The third-order valence-electron chi connectivity index (χ3n) is 9.13. The molecule has 51 heavy (non-hydrogen) atoms. The zero-order valence-electron chi connectivity index (χ0n) is 29.7. The van der Waals surface area contributed by atoms with Gasteiger partial charge in [-0.3, -0.25) is 14.4 Å². The Kier molecular flexibility index (Phi) is 14.6. The van der Waals surface area contributed by atoms with Crippen molar-refractivity contribution in [3.63, 3.8) is 0 Å². The van der Waals surface area contributed by atoms with E-state index < -0.39 is 23.9 Å². The molecule has 2 unspecified atom stereocenters. The number of allylic oxidation sites excluding steroid dienone is 2. The first kappa shape index (κ1) is 38.7. The van der Waals surface area contributed by atoms with Gasteiger partial charge in [0.1, 0.15) is 11.8 Å². The molecule has 1 heterocycles. The molecule has 12 nitrogen and oxygen atoms in total. The minimum absolute atomic E-state index is 0.000778. The monoisotopic (exact) mass is 703 g/mol. The van der Waals surface area contributed by atoms with E-state index in [1.54, 1.807) is 53.5 Å². The second-order valence-corrected chi connectivity index (χ2v) is 12.9. The molecule has 2 aliphatic rings. The lowest BCUT2D eigenvalue weighted by Crippen LogP contribution is -2.42. The molecule has 2 aromatic carbocycles. The fourth-order valence-corrected chi connectivity index (χ4v) is 6.06. The molecule has 0 bridgehead atoms. The molecule has 0 spiro atoms. The summed E-state index contributed by atoms with van der Waals surface area (Å²) in [6.07, 6.45) is 10.7. The average Bonchev–Trinajstić information content (AvgIpc) is 3.13.